The fourth-order valence-corrected chi connectivity index (χ4v) is 3.35. The zero-order chi connectivity index (χ0) is 18.5. The standard InChI is InChI=1S/C21H22N4O2/c26-21(18-5-1-4-17(14-18)16-25-11-3-10-23-25)24-12-7-19(8-13-24)27-20-6-2-9-22-15-20/h1-6,9-11,14-15,19H,7-8,12-13,16H2. The summed E-state index contributed by atoms with van der Waals surface area (Å²) in [7, 11) is 0. The number of hydrogen-bond donors (Lipinski definition) is 0. The van der Waals surface area contributed by atoms with Crippen molar-refractivity contribution in [2.75, 3.05) is 13.1 Å². The molecule has 27 heavy (non-hydrogen) atoms. The van der Waals surface area contributed by atoms with Crippen molar-refractivity contribution in [2.45, 2.75) is 25.5 Å². The Morgan fingerprint density at radius 2 is 2.00 bits per heavy atom. The van der Waals surface area contributed by atoms with Crippen LogP contribution in [0.2, 0.25) is 0 Å². The smallest absolute Gasteiger partial charge is 0.253 e. The predicted molar refractivity (Wildman–Crippen MR) is 102 cm³/mol. The number of piperidine rings is 1. The second kappa shape index (κ2) is 8.03. The summed E-state index contributed by atoms with van der Waals surface area (Å²) >= 11 is 0. The van der Waals surface area contributed by atoms with E-state index < -0.39 is 0 Å². The maximum atomic E-state index is 12.9. The van der Waals surface area contributed by atoms with Gasteiger partial charge in [0.15, 0.2) is 0 Å². The molecule has 4 rings (SSSR count). The van der Waals surface area contributed by atoms with Crippen LogP contribution in [0.3, 0.4) is 0 Å². The summed E-state index contributed by atoms with van der Waals surface area (Å²) in [5.74, 6) is 0.866. The molecule has 1 aliphatic rings. The normalized spacial score (nSPS) is 14.9. The van der Waals surface area contributed by atoms with Gasteiger partial charge < -0.3 is 9.64 Å². The lowest BCUT2D eigenvalue weighted by molar-refractivity contribution is 0.0595. The first-order chi connectivity index (χ1) is 13.3. The van der Waals surface area contributed by atoms with Gasteiger partial charge in [-0.1, -0.05) is 12.1 Å². The molecular formula is C21H22N4O2. The van der Waals surface area contributed by atoms with Crippen molar-refractivity contribution in [3.8, 4) is 5.75 Å². The number of amides is 1. The van der Waals surface area contributed by atoms with Crippen molar-refractivity contribution >= 4 is 5.91 Å². The number of carbonyl (C=O) groups excluding carboxylic acids is 1. The molecule has 0 atom stereocenters. The average molecular weight is 362 g/mol. The maximum Gasteiger partial charge on any atom is 0.253 e. The third-order valence-corrected chi connectivity index (χ3v) is 4.74. The lowest BCUT2D eigenvalue weighted by atomic mass is 10.0. The molecule has 6 nitrogen and oxygen atoms in total. The number of benzene rings is 1. The van der Waals surface area contributed by atoms with E-state index in [1.165, 1.54) is 0 Å². The van der Waals surface area contributed by atoms with Gasteiger partial charge in [0, 0.05) is 50.1 Å². The van der Waals surface area contributed by atoms with Crippen LogP contribution in [0.1, 0.15) is 28.8 Å². The van der Waals surface area contributed by atoms with Crippen LogP contribution >= 0.6 is 0 Å². The van der Waals surface area contributed by atoms with Crippen molar-refractivity contribution in [1.82, 2.24) is 19.7 Å². The number of pyridine rings is 1. The summed E-state index contributed by atoms with van der Waals surface area (Å²) in [5, 5.41) is 4.22. The molecule has 1 fully saturated rings. The summed E-state index contributed by atoms with van der Waals surface area (Å²) in [4.78, 5) is 18.9. The molecule has 0 N–H and O–H groups in total. The summed E-state index contributed by atoms with van der Waals surface area (Å²) in [6.45, 7) is 2.06. The highest BCUT2D eigenvalue weighted by Crippen LogP contribution is 2.20. The molecule has 0 bridgehead atoms. The van der Waals surface area contributed by atoms with E-state index in [4.69, 9.17) is 4.74 Å². The molecule has 0 radical (unpaired) electrons. The first-order valence-electron chi connectivity index (χ1n) is 9.20. The van der Waals surface area contributed by atoms with Crippen LogP contribution in [0.15, 0.2) is 67.3 Å². The van der Waals surface area contributed by atoms with E-state index in [9.17, 15) is 4.79 Å². The predicted octanol–water partition coefficient (Wildman–Crippen LogP) is 3.01. The molecule has 3 heterocycles. The number of nitrogens with zero attached hydrogens (tertiary/aromatic N) is 4. The highest BCUT2D eigenvalue weighted by molar-refractivity contribution is 5.94. The Bertz CT molecular complexity index is 872. The van der Waals surface area contributed by atoms with E-state index in [0.717, 1.165) is 29.7 Å². The van der Waals surface area contributed by atoms with E-state index in [-0.39, 0.29) is 12.0 Å². The molecule has 0 unspecified atom stereocenters. The van der Waals surface area contributed by atoms with Crippen molar-refractivity contribution in [3.63, 3.8) is 0 Å². The van der Waals surface area contributed by atoms with Gasteiger partial charge in [0.2, 0.25) is 0 Å². The fourth-order valence-electron chi connectivity index (χ4n) is 3.35. The van der Waals surface area contributed by atoms with Crippen LogP contribution in [-0.2, 0) is 6.54 Å². The van der Waals surface area contributed by atoms with Gasteiger partial charge in [-0.3, -0.25) is 14.5 Å². The van der Waals surface area contributed by atoms with Gasteiger partial charge in [-0.05, 0) is 35.9 Å². The summed E-state index contributed by atoms with van der Waals surface area (Å²) in [5.41, 5.74) is 1.80. The largest absolute Gasteiger partial charge is 0.489 e. The average Bonchev–Trinajstić information content (AvgIpc) is 3.22. The van der Waals surface area contributed by atoms with E-state index in [2.05, 4.69) is 10.1 Å². The van der Waals surface area contributed by atoms with Gasteiger partial charge in [0.25, 0.3) is 5.91 Å². The Kier molecular flexibility index (Phi) is 5.14. The van der Waals surface area contributed by atoms with Crippen LogP contribution in [0, 0.1) is 0 Å². The number of likely N-dealkylation sites (tertiary alicyclic amines) is 1. The van der Waals surface area contributed by atoms with Gasteiger partial charge in [-0.25, -0.2) is 0 Å². The Balaban J connectivity index is 1.35. The maximum absolute atomic E-state index is 12.9. The van der Waals surface area contributed by atoms with Crippen LogP contribution in [0.4, 0.5) is 0 Å². The number of ether oxygens (including phenoxy) is 1. The van der Waals surface area contributed by atoms with Crippen molar-refractivity contribution < 1.29 is 9.53 Å². The molecule has 2 aromatic heterocycles. The van der Waals surface area contributed by atoms with Gasteiger partial charge in [-0.2, -0.15) is 5.10 Å². The third-order valence-electron chi connectivity index (χ3n) is 4.74. The summed E-state index contributed by atoms with van der Waals surface area (Å²) in [6, 6.07) is 13.5. The fraction of sp³-hybridized carbons (Fsp3) is 0.286. The van der Waals surface area contributed by atoms with Crippen molar-refractivity contribution in [2.24, 2.45) is 0 Å². The molecule has 1 aliphatic heterocycles. The number of hydrogen-bond acceptors (Lipinski definition) is 4. The lowest BCUT2D eigenvalue weighted by Crippen LogP contribution is -2.41. The Morgan fingerprint density at radius 3 is 2.74 bits per heavy atom. The van der Waals surface area contributed by atoms with E-state index in [0.29, 0.717) is 19.6 Å². The highest BCUT2D eigenvalue weighted by Gasteiger charge is 2.24. The Hall–Kier alpha value is -3.15. The molecule has 6 heteroatoms. The van der Waals surface area contributed by atoms with Crippen LogP contribution in [0.5, 0.6) is 5.75 Å². The quantitative estimate of drug-likeness (QED) is 0.700. The molecular weight excluding hydrogens is 340 g/mol. The molecule has 0 aliphatic carbocycles. The molecule has 1 amide bonds. The number of rotatable bonds is 5. The van der Waals surface area contributed by atoms with Crippen molar-refractivity contribution in [3.05, 3.63) is 78.4 Å². The van der Waals surface area contributed by atoms with Gasteiger partial charge in [0.1, 0.15) is 11.9 Å². The molecule has 0 spiro atoms. The minimum atomic E-state index is 0.0807. The Morgan fingerprint density at radius 1 is 1.11 bits per heavy atom. The molecule has 3 aromatic rings. The molecule has 138 valence electrons. The first kappa shape index (κ1) is 17.3. The molecule has 0 saturated carbocycles. The highest BCUT2D eigenvalue weighted by atomic mass is 16.5. The monoisotopic (exact) mass is 362 g/mol. The first-order valence-corrected chi connectivity index (χ1v) is 9.20. The van der Waals surface area contributed by atoms with E-state index in [1.807, 2.05) is 58.2 Å². The zero-order valence-electron chi connectivity index (χ0n) is 15.1. The van der Waals surface area contributed by atoms with Crippen LogP contribution in [-0.4, -0.2) is 44.8 Å². The zero-order valence-corrected chi connectivity index (χ0v) is 15.1. The SMILES string of the molecule is O=C(c1cccc(Cn2cccn2)c1)N1CCC(Oc2cccnc2)CC1. The second-order valence-electron chi connectivity index (χ2n) is 6.70. The topological polar surface area (TPSA) is 60.2 Å². The number of aromatic nitrogens is 3. The van der Waals surface area contributed by atoms with E-state index in [1.54, 1.807) is 18.6 Å². The summed E-state index contributed by atoms with van der Waals surface area (Å²) < 4.78 is 7.81. The van der Waals surface area contributed by atoms with E-state index >= 15 is 0 Å². The number of carbonyl (C=O) groups is 1. The van der Waals surface area contributed by atoms with Gasteiger partial charge in [-0.15, -0.1) is 0 Å². The second-order valence-corrected chi connectivity index (χ2v) is 6.70. The Labute approximate surface area is 158 Å². The van der Waals surface area contributed by atoms with Gasteiger partial charge in [0.05, 0.1) is 12.7 Å². The summed E-state index contributed by atoms with van der Waals surface area (Å²) in [6.07, 6.45) is 8.91. The third kappa shape index (κ3) is 4.34. The minimum absolute atomic E-state index is 0.0807. The lowest BCUT2D eigenvalue weighted by Gasteiger charge is -2.32. The minimum Gasteiger partial charge on any atom is -0.489 e. The van der Waals surface area contributed by atoms with Crippen LogP contribution < -0.4 is 4.74 Å². The van der Waals surface area contributed by atoms with Crippen LogP contribution in [0.25, 0.3) is 0 Å². The molecule has 1 aromatic carbocycles. The van der Waals surface area contributed by atoms with Crippen molar-refractivity contribution in [1.29, 1.82) is 0 Å². The van der Waals surface area contributed by atoms with Gasteiger partial charge >= 0.3 is 0 Å². The molecule has 1 saturated heterocycles.